The van der Waals surface area contributed by atoms with Crippen LogP contribution in [0.15, 0.2) is 10.6 Å². The molecule has 0 saturated carbocycles. The third kappa shape index (κ3) is 8.12. The molecular formula is C10H19Br. The van der Waals surface area contributed by atoms with Crippen molar-refractivity contribution in [2.24, 2.45) is 0 Å². The molecule has 0 unspecified atom stereocenters. The van der Waals surface area contributed by atoms with Gasteiger partial charge in [-0.3, -0.25) is 0 Å². The second kappa shape index (κ2) is 8.32. The molecule has 1 heteroatoms. The molecule has 0 fully saturated rings. The first kappa shape index (κ1) is 11.2. The standard InChI is InChI=1S/C10H19Br/c1-3-5-7-9-10(11)8-6-4-2/h9H,3-8H2,1-2H3. The number of hydrogen-bond acceptors (Lipinski definition) is 0. The fourth-order valence-electron chi connectivity index (χ4n) is 0.911. The predicted molar refractivity (Wildman–Crippen MR) is 56.1 cm³/mol. The SMILES string of the molecule is CCCCC=C(Br)CCCC. The second-order valence-electron chi connectivity index (χ2n) is 2.90. The smallest absolute Gasteiger partial charge is 0.00892 e. The molecule has 0 aromatic rings. The van der Waals surface area contributed by atoms with Gasteiger partial charge in [0, 0.05) is 0 Å². The van der Waals surface area contributed by atoms with E-state index in [1.807, 2.05) is 0 Å². The first-order valence-corrected chi connectivity index (χ1v) is 5.45. The van der Waals surface area contributed by atoms with Crippen molar-refractivity contribution in [2.75, 3.05) is 0 Å². The van der Waals surface area contributed by atoms with Crippen molar-refractivity contribution < 1.29 is 0 Å². The summed E-state index contributed by atoms with van der Waals surface area (Å²) in [6.07, 6.45) is 9.99. The first-order valence-electron chi connectivity index (χ1n) is 4.65. The lowest BCUT2D eigenvalue weighted by molar-refractivity contribution is 0.789. The average Bonchev–Trinajstić information content (AvgIpc) is 2.01. The van der Waals surface area contributed by atoms with E-state index in [-0.39, 0.29) is 0 Å². The minimum atomic E-state index is 1.22. The lowest BCUT2D eigenvalue weighted by atomic mass is 10.2. The van der Waals surface area contributed by atoms with Crippen LogP contribution in [-0.2, 0) is 0 Å². The van der Waals surface area contributed by atoms with E-state index >= 15 is 0 Å². The Labute approximate surface area is 79.2 Å². The summed E-state index contributed by atoms with van der Waals surface area (Å²) in [4.78, 5) is 0. The Hall–Kier alpha value is 0.220. The van der Waals surface area contributed by atoms with Gasteiger partial charge >= 0.3 is 0 Å². The molecule has 0 amide bonds. The van der Waals surface area contributed by atoms with Crippen LogP contribution >= 0.6 is 15.9 Å². The monoisotopic (exact) mass is 218 g/mol. The molecule has 0 aliphatic carbocycles. The Bertz CT molecular complexity index is 105. The highest BCUT2D eigenvalue weighted by Gasteiger charge is 1.89. The van der Waals surface area contributed by atoms with Crippen molar-refractivity contribution in [1.29, 1.82) is 0 Å². The van der Waals surface area contributed by atoms with Crippen molar-refractivity contribution in [3.05, 3.63) is 10.6 Å². The molecule has 0 bridgehead atoms. The summed E-state index contributed by atoms with van der Waals surface area (Å²) in [7, 11) is 0. The number of halogens is 1. The maximum Gasteiger partial charge on any atom is -0.00892 e. The normalized spacial score (nSPS) is 12.1. The molecule has 0 aliphatic heterocycles. The van der Waals surface area contributed by atoms with Crippen molar-refractivity contribution in [3.63, 3.8) is 0 Å². The summed E-state index contributed by atoms with van der Waals surface area (Å²) in [6, 6.07) is 0. The van der Waals surface area contributed by atoms with Crippen LogP contribution in [0.5, 0.6) is 0 Å². The van der Waals surface area contributed by atoms with E-state index in [0.29, 0.717) is 0 Å². The summed E-state index contributed by atoms with van der Waals surface area (Å²) >= 11 is 3.57. The third-order valence-corrected chi connectivity index (χ3v) is 2.41. The summed E-state index contributed by atoms with van der Waals surface area (Å²) in [6.45, 7) is 4.46. The van der Waals surface area contributed by atoms with Gasteiger partial charge in [-0.05, 0) is 23.7 Å². The first-order chi connectivity index (χ1) is 5.31. The average molecular weight is 219 g/mol. The Balaban J connectivity index is 3.30. The lowest BCUT2D eigenvalue weighted by Crippen LogP contribution is -1.75. The summed E-state index contributed by atoms with van der Waals surface area (Å²) < 4.78 is 1.40. The zero-order valence-electron chi connectivity index (χ0n) is 7.70. The van der Waals surface area contributed by atoms with Crippen molar-refractivity contribution in [3.8, 4) is 0 Å². The maximum atomic E-state index is 3.57. The Morgan fingerprint density at radius 3 is 2.36 bits per heavy atom. The predicted octanol–water partition coefficient (Wildman–Crippen LogP) is 4.65. The van der Waals surface area contributed by atoms with Crippen LogP contribution < -0.4 is 0 Å². The van der Waals surface area contributed by atoms with Crippen LogP contribution in [0.1, 0.15) is 52.4 Å². The minimum absolute atomic E-state index is 1.22. The van der Waals surface area contributed by atoms with E-state index in [4.69, 9.17) is 0 Å². The van der Waals surface area contributed by atoms with E-state index in [0.717, 1.165) is 0 Å². The summed E-state index contributed by atoms with van der Waals surface area (Å²) in [5.41, 5.74) is 0. The van der Waals surface area contributed by atoms with Crippen molar-refractivity contribution in [2.45, 2.75) is 52.4 Å². The molecule has 0 aromatic heterocycles. The minimum Gasteiger partial charge on any atom is -0.0744 e. The van der Waals surface area contributed by atoms with Gasteiger partial charge in [0.25, 0.3) is 0 Å². The van der Waals surface area contributed by atoms with E-state index in [9.17, 15) is 0 Å². The molecule has 0 nitrogen and oxygen atoms in total. The van der Waals surface area contributed by atoms with Crippen LogP contribution in [0.25, 0.3) is 0 Å². The molecule has 0 N–H and O–H groups in total. The van der Waals surface area contributed by atoms with E-state index < -0.39 is 0 Å². The van der Waals surface area contributed by atoms with Gasteiger partial charge in [0.05, 0.1) is 0 Å². The van der Waals surface area contributed by atoms with Crippen molar-refractivity contribution in [1.82, 2.24) is 0 Å². The van der Waals surface area contributed by atoms with Crippen LogP contribution in [0.3, 0.4) is 0 Å². The van der Waals surface area contributed by atoms with E-state index in [2.05, 4.69) is 35.9 Å². The van der Waals surface area contributed by atoms with Crippen molar-refractivity contribution >= 4 is 15.9 Å². The molecule has 0 spiro atoms. The summed E-state index contributed by atoms with van der Waals surface area (Å²) in [5.74, 6) is 0. The van der Waals surface area contributed by atoms with Crippen LogP contribution in [0.2, 0.25) is 0 Å². The molecule has 0 aromatic carbocycles. The number of unbranched alkanes of at least 4 members (excludes halogenated alkanes) is 3. The highest BCUT2D eigenvalue weighted by Crippen LogP contribution is 2.15. The van der Waals surface area contributed by atoms with Gasteiger partial charge in [0.15, 0.2) is 0 Å². The lowest BCUT2D eigenvalue weighted by Gasteiger charge is -1.96. The van der Waals surface area contributed by atoms with Gasteiger partial charge < -0.3 is 0 Å². The second-order valence-corrected chi connectivity index (χ2v) is 3.92. The molecule has 0 radical (unpaired) electrons. The maximum absolute atomic E-state index is 3.57. The largest absolute Gasteiger partial charge is 0.0744 e. The number of rotatable bonds is 6. The Morgan fingerprint density at radius 2 is 1.82 bits per heavy atom. The van der Waals surface area contributed by atoms with E-state index in [1.54, 1.807) is 0 Å². The molecule has 66 valence electrons. The summed E-state index contributed by atoms with van der Waals surface area (Å²) in [5, 5.41) is 0. The fourth-order valence-corrected chi connectivity index (χ4v) is 1.42. The zero-order valence-corrected chi connectivity index (χ0v) is 9.28. The van der Waals surface area contributed by atoms with Gasteiger partial charge in [0.1, 0.15) is 0 Å². The van der Waals surface area contributed by atoms with Crippen LogP contribution in [0, 0.1) is 0 Å². The van der Waals surface area contributed by atoms with Gasteiger partial charge in [-0.25, -0.2) is 0 Å². The third-order valence-electron chi connectivity index (χ3n) is 1.69. The highest BCUT2D eigenvalue weighted by atomic mass is 79.9. The number of hydrogen-bond donors (Lipinski definition) is 0. The molecule has 0 atom stereocenters. The molecular weight excluding hydrogens is 200 g/mol. The molecule has 0 rings (SSSR count). The zero-order chi connectivity index (χ0) is 8.53. The van der Waals surface area contributed by atoms with Crippen LogP contribution in [-0.4, -0.2) is 0 Å². The molecule has 0 aliphatic rings. The van der Waals surface area contributed by atoms with Gasteiger partial charge in [-0.1, -0.05) is 55.1 Å². The molecule has 0 heterocycles. The number of allylic oxidation sites excluding steroid dienone is 2. The molecule has 11 heavy (non-hydrogen) atoms. The van der Waals surface area contributed by atoms with Gasteiger partial charge in [-0.15, -0.1) is 0 Å². The fraction of sp³-hybridized carbons (Fsp3) is 0.800. The Kier molecular flexibility index (Phi) is 8.48. The highest BCUT2D eigenvalue weighted by molar-refractivity contribution is 9.11. The van der Waals surface area contributed by atoms with Gasteiger partial charge in [0.2, 0.25) is 0 Å². The van der Waals surface area contributed by atoms with E-state index in [1.165, 1.54) is 43.0 Å². The van der Waals surface area contributed by atoms with Gasteiger partial charge in [-0.2, -0.15) is 0 Å². The quantitative estimate of drug-likeness (QED) is 0.570. The topological polar surface area (TPSA) is 0 Å². The van der Waals surface area contributed by atoms with Crippen LogP contribution in [0.4, 0.5) is 0 Å². The molecule has 0 saturated heterocycles. The Morgan fingerprint density at radius 1 is 1.18 bits per heavy atom.